The van der Waals surface area contributed by atoms with Crippen LogP contribution in [0.25, 0.3) is 0 Å². The van der Waals surface area contributed by atoms with Crippen LogP contribution < -0.4 is 5.32 Å². The quantitative estimate of drug-likeness (QED) is 0.906. The summed E-state index contributed by atoms with van der Waals surface area (Å²) in [4.78, 5) is 26.2. The molecule has 1 aliphatic carbocycles. The summed E-state index contributed by atoms with van der Waals surface area (Å²) in [6.07, 6.45) is 2.85. The van der Waals surface area contributed by atoms with E-state index in [1.165, 1.54) is 9.58 Å². The first-order valence-electron chi connectivity index (χ1n) is 8.16. The minimum atomic E-state index is -1.99. The molecule has 0 bridgehead atoms. The SMILES string of the molecule is Cc1cc(C(=O)N2CCCC(F)(C(=O)NCC3CC3)C2)n(C)n1. The number of carbonyl (C=O) groups excluding carboxylic acids is 2. The number of rotatable bonds is 4. The number of nitrogens with zero attached hydrogens (tertiary/aromatic N) is 3. The van der Waals surface area contributed by atoms with Crippen molar-refractivity contribution in [3.63, 3.8) is 0 Å². The van der Waals surface area contributed by atoms with Gasteiger partial charge in [0.15, 0.2) is 0 Å². The van der Waals surface area contributed by atoms with Gasteiger partial charge in [0.25, 0.3) is 11.8 Å². The van der Waals surface area contributed by atoms with Gasteiger partial charge in [-0.15, -0.1) is 0 Å². The summed E-state index contributed by atoms with van der Waals surface area (Å²) in [6, 6.07) is 1.68. The third kappa shape index (κ3) is 3.38. The maximum absolute atomic E-state index is 15.0. The summed E-state index contributed by atoms with van der Waals surface area (Å²) < 4.78 is 16.5. The van der Waals surface area contributed by atoms with Crippen LogP contribution in [0.4, 0.5) is 4.39 Å². The summed E-state index contributed by atoms with van der Waals surface area (Å²) in [5.74, 6) is -0.353. The number of aromatic nitrogens is 2. The van der Waals surface area contributed by atoms with Gasteiger partial charge in [0.2, 0.25) is 5.67 Å². The predicted octanol–water partition coefficient (Wildman–Crippen LogP) is 1.20. The Morgan fingerprint density at radius 2 is 2.22 bits per heavy atom. The van der Waals surface area contributed by atoms with Crippen LogP contribution in [0.5, 0.6) is 0 Å². The van der Waals surface area contributed by atoms with E-state index in [0.29, 0.717) is 31.1 Å². The zero-order valence-electron chi connectivity index (χ0n) is 13.6. The fourth-order valence-corrected chi connectivity index (χ4v) is 3.06. The van der Waals surface area contributed by atoms with E-state index < -0.39 is 11.6 Å². The molecule has 0 spiro atoms. The average molecular weight is 322 g/mol. The van der Waals surface area contributed by atoms with Gasteiger partial charge in [0, 0.05) is 20.1 Å². The molecule has 1 N–H and O–H groups in total. The first-order valence-corrected chi connectivity index (χ1v) is 8.16. The third-order valence-electron chi connectivity index (χ3n) is 4.61. The Labute approximate surface area is 135 Å². The van der Waals surface area contributed by atoms with Gasteiger partial charge in [0.1, 0.15) is 5.69 Å². The molecule has 2 heterocycles. The van der Waals surface area contributed by atoms with Crippen LogP contribution in [-0.4, -0.2) is 51.8 Å². The van der Waals surface area contributed by atoms with Crippen LogP contribution in [0, 0.1) is 12.8 Å². The second kappa shape index (κ2) is 5.94. The smallest absolute Gasteiger partial charge is 0.272 e. The molecule has 1 aromatic heterocycles. The van der Waals surface area contributed by atoms with E-state index in [4.69, 9.17) is 0 Å². The van der Waals surface area contributed by atoms with Crippen molar-refractivity contribution in [2.45, 2.75) is 38.3 Å². The predicted molar refractivity (Wildman–Crippen MR) is 82.7 cm³/mol. The summed E-state index contributed by atoms with van der Waals surface area (Å²) in [5, 5.41) is 6.85. The van der Waals surface area contributed by atoms with Gasteiger partial charge in [-0.2, -0.15) is 5.10 Å². The average Bonchev–Trinajstić information content (AvgIpc) is 3.28. The van der Waals surface area contributed by atoms with Crippen molar-refractivity contribution in [3.8, 4) is 0 Å². The van der Waals surface area contributed by atoms with Crippen molar-refractivity contribution >= 4 is 11.8 Å². The van der Waals surface area contributed by atoms with E-state index in [1.54, 1.807) is 20.0 Å². The Bertz CT molecular complexity index is 626. The van der Waals surface area contributed by atoms with E-state index in [-0.39, 0.29) is 18.9 Å². The highest BCUT2D eigenvalue weighted by Gasteiger charge is 2.44. The van der Waals surface area contributed by atoms with Crippen LogP contribution in [0.1, 0.15) is 41.9 Å². The molecule has 1 unspecified atom stereocenters. The highest BCUT2D eigenvalue weighted by Crippen LogP contribution is 2.30. The lowest BCUT2D eigenvalue weighted by atomic mass is 9.93. The Morgan fingerprint density at radius 1 is 1.48 bits per heavy atom. The van der Waals surface area contributed by atoms with Crippen LogP contribution in [-0.2, 0) is 11.8 Å². The lowest BCUT2D eigenvalue weighted by Gasteiger charge is -2.36. The van der Waals surface area contributed by atoms with Crippen molar-refractivity contribution in [3.05, 3.63) is 17.5 Å². The summed E-state index contributed by atoms with van der Waals surface area (Å²) in [7, 11) is 1.69. The number of aryl methyl sites for hydroxylation is 2. The van der Waals surface area contributed by atoms with Gasteiger partial charge < -0.3 is 10.2 Å². The number of hydrogen-bond donors (Lipinski definition) is 1. The number of piperidine rings is 1. The first kappa shape index (κ1) is 16.0. The Hall–Kier alpha value is -1.92. The van der Waals surface area contributed by atoms with Crippen molar-refractivity contribution < 1.29 is 14.0 Å². The normalized spacial score (nSPS) is 24.6. The number of halogens is 1. The molecule has 3 rings (SSSR count). The van der Waals surface area contributed by atoms with E-state index in [1.807, 2.05) is 0 Å². The zero-order chi connectivity index (χ0) is 16.6. The third-order valence-corrected chi connectivity index (χ3v) is 4.61. The Kier molecular flexibility index (Phi) is 4.12. The molecule has 7 heteroatoms. The van der Waals surface area contributed by atoms with Gasteiger partial charge >= 0.3 is 0 Å². The fourth-order valence-electron chi connectivity index (χ4n) is 3.06. The highest BCUT2D eigenvalue weighted by molar-refractivity contribution is 5.94. The highest BCUT2D eigenvalue weighted by atomic mass is 19.1. The Morgan fingerprint density at radius 3 is 2.83 bits per heavy atom. The molecule has 2 amide bonds. The lowest BCUT2D eigenvalue weighted by molar-refractivity contribution is -0.135. The molecule has 2 fully saturated rings. The van der Waals surface area contributed by atoms with Gasteiger partial charge in [-0.05, 0) is 44.6 Å². The number of nitrogens with one attached hydrogen (secondary N) is 1. The first-order chi connectivity index (χ1) is 10.9. The molecular weight excluding hydrogens is 299 g/mol. The molecule has 1 aromatic rings. The van der Waals surface area contributed by atoms with Crippen LogP contribution in [0.3, 0.4) is 0 Å². The zero-order valence-corrected chi connectivity index (χ0v) is 13.6. The molecule has 2 aliphatic rings. The minimum absolute atomic E-state index is 0.164. The van der Waals surface area contributed by atoms with Gasteiger partial charge in [0.05, 0.1) is 12.2 Å². The van der Waals surface area contributed by atoms with Crippen molar-refractivity contribution in [1.29, 1.82) is 0 Å². The second-order valence-corrected chi connectivity index (χ2v) is 6.74. The van der Waals surface area contributed by atoms with Gasteiger partial charge in [-0.1, -0.05) is 0 Å². The second-order valence-electron chi connectivity index (χ2n) is 6.74. The topological polar surface area (TPSA) is 67.2 Å². The van der Waals surface area contributed by atoms with E-state index in [2.05, 4.69) is 10.4 Å². The molecular formula is C16H23FN4O2. The van der Waals surface area contributed by atoms with Crippen LogP contribution in [0.15, 0.2) is 6.07 Å². The van der Waals surface area contributed by atoms with E-state index >= 15 is 4.39 Å². The molecule has 0 aromatic carbocycles. The summed E-state index contributed by atoms with van der Waals surface area (Å²) >= 11 is 0. The number of carbonyl (C=O) groups is 2. The Balaban J connectivity index is 1.67. The standard InChI is InChI=1S/C16H23FN4O2/c1-11-8-13(20(2)19-11)14(22)21-7-3-6-16(17,10-21)15(23)18-9-12-4-5-12/h8,12H,3-7,9-10H2,1-2H3,(H,18,23). The minimum Gasteiger partial charge on any atom is -0.353 e. The monoisotopic (exact) mass is 322 g/mol. The molecule has 23 heavy (non-hydrogen) atoms. The van der Waals surface area contributed by atoms with E-state index in [0.717, 1.165) is 18.5 Å². The molecule has 126 valence electrons. The van der Waals surface area contributed by atoms with Crippen molar-refractivity contribution in [1.82, 2.24) is 20.0 Å². The number of alkyl halides is 1. The van der Waals surface area contributed by atoms with Crippen molar-refractivity contribution in [2.24, 2.45) is 13.0 Å². The van der Waals surface area contributed by atoms with Gasteiger partial charge in [-0.3, -0.25) is 14.3 Å². The number of amides is 2. The van der Waals surface area contributed by atoms with Crippen LogP contribution in [0.2, 0.25) is 0 Å². The molecule has 1 saturated heterocycles. The molecule has 1 atom stereocenters. The van der Waals surface area contributed by atoms with Gasteiger partial charge in [-0.25, -0.2) is 4.39 Å². The maximum Gasteiger partial charge on any atom is 0.272 e. The number of likely N-dealkylation sites (tertiary alicyclic amines) is 1. The largest absolute Gasteiger partial charge is 0.353 e. The van der Waals surface area contributed by atoms with Crippen molar-refractivity contribution in [2.75, 3.05) is 19.6 Å². The summed E-state index contributed by atoms with van der Waals surface area (Å²) in [5.41, 5.74) is -0.831. The van der Waals surface area contributed by atoms with Crippen LogP contribution >= 0.6 is 0 Å². The maximum atomic E-state index is 15.0. The fraction of sp³-hybridized carbons (Fsp3) is 0.688. The molecule has 1 saturated carbocycles. The lowest BCUT2D eigenvalue weighted by Crippen LogP contribution is -2.56. The molecule has 1 aliphatic heterocycles. The van der Waals surface area contributed by atoms with E-state index in [9.17, 15) is 9.59 Å². The summed E-state index contributed by atoms with van der Waals surface area (Å²) in [6.45, 7) is 2.62. The number of hydrogen-bond acceptors (Lipinski definition) is 3. The molecule has 6 nitrogen and oxygen atoms in total. The molecule has 0 radical (unpaired) electrons.